The Morgan fingerprint density at radius 3 is 2.45 bits per heavy atom. The quantitative estimate of drug-likeness (QED) is 0.893. The molecule has 0 aromatic heterocycles. The fourth-order valence-electron chi connectivity index (χ4n) is 2.83. The molecule has 3 N–H and O–H groups in total. The van der Waals surface area contributed by atoms with Gasteiger partial charge in [-0.2, -0.15) is 0 Å². The van der Waals surface area contributed by atoms with Gasteiger partial charge in [-0.15, -0.1) is 12.4 Å². The first-order valence-corrected chi connectivity index (χ1v) is 6.77. The Kier molecular flexibility index (Phi) is 4.48. The normalized spacial score (nSPS) is 20.9. The lowest BCUT2D eigenvalue weighted by atomic mass is 9.78. The lowest BCUT2D eigenvalue weighted by Crippen LogP contribution is -2.48. The minimum atomic E-state index is -0.429. The standard InChI is InChI=1S/C17H19NO.ClH/c18-17(12-19)9-8-15-10-14(6-7-16(15)11-17)13-4-2-1-3-5-13;/h1-7,10,19H,8-9,11-12,18H2;1H. The van der Waals surface area contributed by atoms with Crippen molar-refractivity contribution >= 4 is 12.4 Å². The highest BCUT2D eigenvalue weighted by Crippen LogP contribution is 2.30. The summed E-state index contributed by atoms with van der Waals surface area (Å²) in [5, 5.41) is 9.38. The van der Waals surface area contributed by atoms with Crippen molar-refractivity contribution < 1.29 is 5.11 Å². The molecular weight excluding hydrogens is 270 g/mol. The Bertz CT molecular complexity index is 585. The third-order valence-electron chi connectivity index (χ3n) is 4.06. The number of benzene rings is 2. The molecule has 1 aliphatic rings. The molecule has 1 unspecified atom stereocenters. The van der Waals surface area contributed by atoms with E-state index in [1.54, 1.807) is 0 Å². The predicted molar refractivity (Wildman–Crippen MR) is 85.2 cm³/mol. The topological polar surface area (TPSA) is 46.2 Å². The Morgan fingerprint density at radius 2 is 1.75 bits per heavy atom. The third kappa shape index (κ3) is 2.88. The SMILES string of the molecule is Cl.NC1(CO)CCc2cc(-c3ccccc3)ccc2C1. The molecular formula is C17H20ClNO. The van der Waals surface area contributed by atoms with E-state index in [-0.39, 0.29) is 19.0 Å². The maximum atomic E-state index is 9.38. The summed E-state index contributed by atoms with van der Waals surface area (Å²) in [6.07, 6.45) is 2.58. The van der Waals surface area contributed by atoms with Gasteiger partial charge in [-0.25, -0.2) is 0 Å². The van der Waals surface area contributed by atoms with E-state index >= 15 is 0 Å². The molecule has 0 spiro atoms. The number of aliphatic hydroxyl groups excluding tert-OH is 1. The van der Waals surface area contributed by atoms with Gasteiger partial charge >= 0.3 is 0 Å². The minimum absolute atomic E-state index is 0. The second kappa shape index (κ2) is 5.96. The van der Waals surface area contributed by atoms with Crippen molar-refractivity contribution in [3.63, 3.8) is 0 Å². The minimum Gasteiger partial charge on any atom is -0.394 e. The zero-order valence-corrected chi connectivity index (χ0v) is 12.2. The molecule has 0 saturated carbocycles. The number of hydrogen-bond donors (Lipinski definition) is 2. The van der Waals surface area contributed by atoms with Crippen LogP contribution in [-0.2, 0) is 12.8 Å². The van der Waals surface area contributed by atoms with E-state index in [0.717, 1.165) is 19.3 Å². The van der Waals surface area contributed by atoms with E-state index in [1.807, 2.05) is 6.07 Å². The van der Waals surface area contributed by atoms with Gasteiger partial charge in [0.25, 0.3) is 0 Å². The van der Waals surface area contributed by atoms with Crippen molar-refractivity contribution in [3.05, 3.63) is 59.7 Å². The van der Waals surface area contributed by atoms with E-state index in [9.17, 15) is 5.11 Å². The van der Waals surface area contributed by atoms with Crippen LogP contribution in [-0.4, -0.2) is 17.3 Å². The number of rotatable bonds is 2. The summed E-state index contributed by atoms with van der Waals surface area (Å²) in [5.74, 6) is 0. The first kappa shape index (κ1) is 15.0. The molecule has 2 nitrogen and oxygen atoms in total. The van der Waals surface area contributed by atoms with Crippen LogP contribution in [0.5, 0.6) is 0 Å². The van der Waals surface area contributed by atoms with Crippen molar-refractivity contribution in [1.29, 1.82) is 0 Å². The van der Waals surface area contributed by atoms with Gasteiger partial charge in [0.15, 0.2) is 0 Å². The van der Waals surface area contributed by atoms with Crippen LogP contribution in [0.15, 0.2) is 48.5 Å². The van der Waals surface area contributed by atoms with Crippen LogP contribution < -0.4 is 5.73 Å². The molecule has 20 heavy (non-hydrogen) atoms. The molecule has 0 amide bonds. The van der Waals surface area contributed by atoms with Crippen LogP contribution in [0.2, 0.25) is 0 Å². The Morgan fingerprint density at radius 1 is 1.00 bits per heavy atom. The van der Waals surface area contributed by atoms with E-state index < -0.39 is 5.54 Å². The monoisotopic (exact) mass is 289 g/mol. The van der Waals surface area contributed by atoms with Crippen molar-refractivity contribution in [2.45, 2.75) is 24.8 Å². The summed E-state index contributed by atoms with van der Waals surface area (Å²) in [7, 11) is 0. The van der Waals surface area contributed by atoms with Crippen molar-refractivity contribution in [3.8, 4) is 11.1 Å². The predicted octanol–water partition coefficient (Wildman–Crippen LogP) is 2.95. The fourth-order valence-corrected chi connectivity index (χ4v) is 2.83. The zero-order chi connectivity index (χ0) is 13.3. The van der Waals surface area contributed by atoms with Crippen LogP contribution in [0.3, 0.4) is 0 Å². The molecule has 3 rings (SSSR count). The van der Waals surface area contributed by atoms with E-state index in [4.69, 9.17) is 5.73 Å². The number of nitrogens with two attached hydrogens (primary N) is 1. The Hall–Kier alpha value is -1.35. The van der Waals surface area contributed by atoms with Gasteiger partial charge < -0.3 is 10.8 Å². The molecule has 0 saturated heterocycles. The number of halogens is 1. The Balaban J connectivity index is 0.00000147. The van der Waals surface area contributed by atoms with E-state index in [1.165, 1.54) is 22.3 Å². The Labute approximate surface area is 126 Å². The summed E-state index contributed by atoms with van der Waals surface area (Å²) in [6, 6.07) is 17.0. The summed E-state index contributed by atoms with van der Waals surface area (Å²) < 4.78 is 0. The van der Waals surface area contributed by atoms with Gasteiger partial charge in [-0.1, -0.05) is 48.5 Å². The van der Waals surface area contributed by atoms with Crippen LogP contribution in [0.25, 0.3) is 11.1 Å². The third-order valence-corrected chi connectivity index (χ3v) is 4.06. The highest BCUT2D eigenvalue weighted by molar-refractivity contribution is 5.85. The zero-order valence-electron chi connectivity index (χ0n) is 11.4. The fraction of sp³-hybridized carbons (Fsp3) is 0.294. The summed E-state index contributed by atoms with van der Waals surface area (Å²) in [6.45, 7) is 0.0624. The molecule has 0 bridgehead atoms. The maximum Gasteiger partial charge on any atom is 0.0614 e. The van der Waals surface area contributed by atoms with Crippen LogP contribution in [0.1, 0.15) is 17.5 Å². The molecule has 0 fully saturated rings. The first-order valence-electron chi connectivity index (χ1n) is 6.77. The molecule has 0 aliphatic heterocycles. The molecule has 2 aromatic carbocycles. The lowest BCUT2D eigenvalue weighted by Gasteiger charge is -2.33. The van der Waals surface area contributed by atoms with E-state index in [2.05, 4.69) is 42.5 Å². The molecule has 1 atom stereocenters. The van der Waals surface area contributed by atoms with Gasteiger partial charge in [0.1, 0.15) is 0 Å². The second-order valence-electron chi connectivity index (χ2n) is 5.55. The number of aryl methyl sites for hydroxylation is 1. The van der Waals surface area contributed by atoms with Gasteiger partial charge in [0.05, 0.1) is 6.61 Å². The number of fused-ring (bicyclic) bond motifs is 1. The second-order valence-corrected chi connectivity index (χ2v) is 5.55. The van der Waals surface area contributed by atoms with Crippen LogP contribution >= 0.6 is 12.4 Å². The van der Waals surface area contributed by atoms with Crippen molar-refractivity contribution in [1.82, 2.24) is 0 Å². The molecule has 0 radical (unpaired) electrons. The molecule has 1 aliphatic carbocycles. The average Bonchev–Trinajstić information content (AvgIpc) is 2.48. The number of aliphatic hydroxyl groups is 1. The smallest absolute Gasteiger partial charge is 0.0614 e. The average molecular weight is 290 g/mol. The summed E-state index contributed by atoms with van der Waals surface area (Å²) in [4.78, 5) is 0. The summed E-state index contributed by atoms with van der Waals surface area (Å²) in [5.41, 5.74) is 10.9. The highest BCUT2D eigenvalue weighted by Gasteiger charge is 2.29. The van der Waals surface area contributed by atoms with Crippen molar-refractivity contribution in [2.75, 3.05) is 6.61 Å². The van der Waals surface area contributed by atoms with Crippen LogP contribution in [0, 0.1) is 0 Å². The van der Waals surface area contributed by atoms with Gasteiger partial charge in [0, 0.05) is 5.54 Å². The lowest BCUT2D eigenvalue weighted by molar-refractivity contribution is 0.181. The number of hydrogen-bond acceptors (Lipinski definition) is 2. The van der Waals surface area contributed by atoms with E-state index in [0.29, 0.717) is 0 Å². The van der Waals surface area contributed by atoms with Gasteiger partial charge in [-0.3, -0.25) is 0 Å². The highest BCUT2D eigenvalue weighted by atomic mass is 35.5. The van der Waals surface area contributed by atoms with Gasteiger partial charge in [0.2, 0.25) is 0 Å². The molecule has 2 aromatic rings. The van der Waals surface area contributed by atoms with Crippen molar-refractivity contribution in [2.24, 2.45) is 5.73 Å². The molecule has 3 heteroatoms. The first-order chi connectivity index (χ1) is 9.20. The molecule has 0 heterocycles. The van der Waals surface area contributed by atoms with Gasteiger partial charge in [-0.05, 0) is 41.5 Å². The molecule has 106 valence electrons. The largest absolute Gasteiger partial charge is 0.394 e. The van der Waals surface area contributed by atoms with Crippen LogP contribution in [0.4, 0.5) is 0 Å². The maximum absolute atomic E-state index is 9.38. The summed E-state index contributed by atoms with van der Waals surface area (Å²) >= 11 is 0.